The molecule has 0 aliphatic rings. The summed E-state index contributed by atoms with van der Waals surface area (Å²) in [5.74, 6) is 1.26. The molecule has 2 rings (SSSR count). The largest absolute Gasteiger partial charge is 0.492 e. The number of ether oxygens (including phenoxy) is 1. The number of nitrogens with two attached hydrogens (primary N) is 1. The first kappa shape index (κ1) is 15.6. The van der Waals surface area contributed by atoms with Gasteiger partial charge in [-0.25, -0.2) is 18.5 Å². The molecular weight excluding hydrogens is 314 g/mol. The van der Waals surface area contributed by atoms with Gasteiger partial charge >= 0.3 is 0 Å². The highest BCUT2D eigenvalue weighted by atomic mass is 35.5. The fourth-order valence-electron chi connectivity index (χ4n) is 1.53. The summed E-state index contributed by atoms with van der Waals surface area (Å²) in [6.07, 6.45) is 1.21. The second-order valence-corrected chi connectivity index (χ2v) is 6.15. The fraction of sp³-hybridized carbons (Fsp3) is 0.154. The van der Waals surface area contributed by atoms with Crippen LogP contribution in [0.1, 0.15) is 0 Å². The van der Waals surface area contributed by atoms with Gasteiger partial charge in [-0.3, -0.25) is 0 Å². The topological polar surface area (TPSA) is 94.3 Å². The third kappa shape index (κ3) is 4.89. The number of halogens is 1. The summed E-state index contributed by atoms with van der Waals surface area (Å²) in [6.45, 7) is 0.949. The fourth-order valence-corrected chi connectivity index (χ4v) is 2.12. The van der Waals surface area contributed by atoms with Crippen LogP contribution in [-0.2, 0) is 10.0 Å². The van der Waals surface area contributed by atoms with Gasteiger partial charge in [0.2, 0.25) is 10.0 Å². The summed E-state index contributed by atoms with van der Waals surface area (Å²) in [5, 5.41) is 8.65. The van der Waals surface area contributed by atoms with Gasteiger partial charge in [-0.15, -0.1) is 0 Å². The molecule has 2 aromatic rings. The smallest absolute Gasteiger partial charge is 0.239 e. The molecule has 6 nitrogen and oxygen atoms in total. The molecule has 1 aromatic heterocycles. The van der Waals surface area contributed by atoms with Crippen LogP contribution in [0.5, 0.6) is 5.75 Å². The van der Waals surface area contributed by atoms with E-state index in [1.165, 1.54) is 12.3 Å². The number of primary sulfonamides is 1. The molecule has 0 aliphatic heterocycles. The zero-order valence-corrected chi connectivity index (χ0v) is 12.6. The first-order valence-electron chi connectivity index (χ1n) is 6.06. The van der Waals surface area contributed by atoms with Crippen molar-refractivity contribution in [1.82, 2.24) is 4.98 Å². The predicted octanol–water partition coefficient (Wildman–Crippen LogP) is 1.87. The molecule has 0 bridgehead atoms. The summed E-state index contributed by atoms with van der Waals surface area (Å²) >= 11 is 5.77. The maximum Gasteiger partial charge on any atom is 0.239 e. The maximum absolute atomic E-state index is 11.1. The zero-order chi connectivity index (χ0) is 15.3. The van der Waals surface area contributed by atoms with E-state index in [4.69, 9.17) is 21.5 Å². The van der Waals surface area contributed by atoms with E-state index in [1.54, 1.807) is 30.3 Å². The van der Waals surface area contributed by atoms with Crippen molar-refractivity contribution in [3.05, 3.63) is 47.6 Å². The van der Waals surface area contributed by atoms with Gasteiger partial charge in [0.15, 0.2) is 0 Å². The van der Waals surface area contributed by atoms with E-state index in [2.05, 4.69) is 10.3 Å². The van der Waals surface area contributed by atoms with Gasteiger partial charge in [0.05, 0.1) is 6.54 Å². The molecular formula is C13H14ClN3O3S. The highest BCUT2D eigenvalue weighted by Crippen LogP contribution is 2.15. The van der Waals surface area contributed by atoms with E-state index in [1.807, 2.05) is 0 Å². The van der Waals surface area contributed by atoms with Crippen molar-refractivity contribution in [3.63, 3.8) is 0 Å². The molecule has 3 N–H and O–H groups in total. The van der Waals surface area contributed by atoms with Gasteiger partial charge < -0.3 is 10.1 Å². The van der Waals surface area contributed by atoms with Crippen LogP contribution in [0, 0.1) is 0 Å². The second-order valence-electron chi connectivity index (χ2n) is 4.15. The summed E-state index contributed by atoms with van der Waals surface area (Å²) in [5.41, 5.74) is 0. The molecule has 1 heterocycles. The van der Waals surface area contributed by atoms with Gasteiger partial charge in [-0.2, -0.15) is 0 Å². The van der Waals surface area contributed by atoms with E-state index >= 15 is 0 Å². The summed E-state index contributed by atoms with van der Waals surface area (Å²) in [7, 11) is -3.71. The number of hydrogen-bond donors (Lipinski definition) is 2. The minimum atomic E-state index is -3.71. The molecule has 0 saturated carbocycles. The number of anilines is 1. The SMILES string of the molecule is NS(=O)(=O)c1ccc(NCCOc2ccc(Cl)cc2)nc1. The van der Waals surface area contributed by atoms with Gasteiger partial charge in [0.1, 0.15) is 23.1 Å². The molecule has 1 aromatic carbocycles. The number of rotatable bonds is 6. The Labute approximate surface area is 128 Å². The molecule has 0 spiro atoms. The highest BCUT2D eigenvalue weighted by Gasteiger charge is 2.07. The van der Waals surface area contributed by atoms with Crippen molar-refractivity contribution in [3.8, 4) is 5.75 Å². The zero-order valence-electron chi connectivity index (χ0n) is 11.0. The van der Waals surface area contributed by atoms with E-state index in [9.17, 15) is 8.42 Å². The van der Waals surface area contributed by atoms with Gasteiger partial charge in [-0.05, 0) is 36.4 Å². The van der Waals surface area contributed by atoms with Crippen LogP contribution in [0.4, 0.5) is 5.82 Å². The predicted molar refractivity (Wildman–Crippen MR) is 81.0 cm³/mol. The molecule has 0 unspecified atom stereocenters. The van der Waals surface area contributed by atoms with Crippen LogP contribution in [0.15, 0.2) is 47.5 Å². The Morgan fingerprint density at radius 1 is 1.19 bits per heavy atom. The number of aromatic nitrogens is 1. The normalized spacial score (nSPS) is 11.1. The van der Waals surface area contributed by atoms with Crippen molar-refractivity contribution >= 4 is 27.4 Å². The molecule has 0 fully saturated rings. The number of nitrogens with one attached hydrogen (secondary N) is 1. The Hall–Kier alpha value is -1.83. The number of sulfonamides is 1. The highest BCUT2D eigenvalue weighted by molar-refractivity contribution is 7.89. The third-order valence-electron chi connectivity index (χ3n) is 2.56. The van der Waals surface area contributed by atoms with E-state index in [0.29, 0.717) is 24.0 Å². The van der Waals surface area contributed by atoms with Crippen LogP contribution < -0.4 is 15.2 Å². The van der Waals surface area contributed by atoms with Crippen molar-refractivity contribution < 1.29 is 13.2 Å². The molecule has 0 atom stereocenters. The Balaban J connectivity index is 1.80. The third-order valence-corrected chi connectivity index (χ3v) is 3.71. The van der Waals surface area contributed by atoms with Crippen LogP contribution >= 0.6 is 11.6 Å². The lowest BCUT2D eigenvalue weighted by molar-refractivity contribution is 0.333. The summed E-state index contributed by atoms with van der Waals surface area (Å²) in [6, 6.07) is 9.99. The molecule has 112 valence electrons. The summed E-state index contributed by atoms with van der Waals surface area (Å²) < 4.78 is 27.6. The molecule has 8 heteroatoms. The lowest BCUT2D eigenvalue weighted by Gasteiger charge is -2.08. The Bertz CT molecular complexity index is 688. The van der Waals surface area contributed by atoms with Crippen LogP contribution in [0.25, 0.3) is 0 Å². The van der Waals surface area contributed by atoms with Crippen molar-refractivity contribution in [2.75, 3.05) is 18.5 Å². The van der Waals surface area contributed by atoms with Crippen molar-refractivity contribution in [2.45, 2.75) is 4.90 Å². The second kappa shape index (κ2) is 6.75. The molecule has 0 aliphatic carbocycles. The molecule has 0 radical (unpaired) electrons. The van der Waals surface area contributed by atoms with Gasteiger partial charge in [0.25, 0.3) is 0 Å². The van der Waals surface area contributed by atoms with E-state index < -0.39 is 10.0 Å². The van der Waals surface area contributed by atoms with Crippen molar-refractivity contribution in [2.24, 2.45) is 5.14 Å². The Kier molecular flexibility index (Phi) is 5.00. The lowest BCUT2D eigenvalue weighted by atomic mass is 10.3. The van der Waals surface area contributed by atoms with Crippen LogP contribution in [-0.4, -0.2) is 26.6 Å². The first-order valence-corrected chi connectivity index (χ1v) is 7.99. The standard InChI is InChI=1S/C13H14ClN3O3S/c14-10-1-3-11(4-2-10)20-8-7-16-13-6-5-12(9-17-13)21(15,18)19/h1-6,9H,7-8H2,(H,16,17)(H2,15,18,19). The van der Waals surface area contributed by atoms with E-state index in [0.717, 1.165) is 5.75 Å². The average molecular weight is 328 g/mol. The first-order chi connectivity index (χ1) is 9.95. The maximum atomic E-state index is 11.1. The lowest BCUT2D eigenvalue weighted by Crippen LogP contribution is -2.14. The van der Waals surface area contributed by atoms with E-state index in [-0.39, 0.29) is 4.90 Å². The van der Waals surface area contributed by atoms with Gasteiger partial charge in [-0.1, -0.05) is 11.6 Å². The van der Waals surface area contributed by atoms with Gasteiger partial charge in [0, 0.05) is 11.2 Å². The number of pyridine rings is 1. The summed E-state index contributed by atoms with van der Waals surface area (Å²) in [4.78, 5) is 3.94. The molecule has 21 heavy (non-hydrogen) atoms. The number of hydrogen-bond acceptors (Lipinski definition) is 5. The molecule has 0 saturated heterocycles. The average Bonchev–Trinajstić information content (AvgIpc) is 2.45. The monoisotopic (exact) mass is 327 g/mol. The molecule has 0 amide bonds. The number of benzene rings is 1. The van der Waals surface area contributed by atoms with Crippen LogP contribution in [0.3, 0.4) is 0 Å². The Morgan fingerprint density at radius 3 is 2.48 bits per heavy atom. The quantitative estimate of drug-likeness (QED) is 0.790. The Morgan fingerprint density at radius 2 is 1.90 bits per heavy atom. The number of nitrogens with zero attached hydrogens (tertiary/aromatic N) is 1. The van der Waals surface area contributed by atoms with Crippen molar-refractivity contribution in [1.29, 1.82) is 0 Å². The minimum Gasteiger partial charge on any atom is -0.492 e. The minimum absolute atomic E-state index is 0.0227. The van der Waals surface area contributed by atoms with Crippen LogP contribution in [0.2, 0.25) is 5.02 Å².